The average Bonchev–Trinajstić information content (AvgIpc) is 3.24. The zero-order chi connectivity index (χ0) is 21.1. The fraction of sp³-hybridized carbons (Fsp3) is 0.480. The molecular formula is C25H34N4O. The summed E-state index contributed by atoms with van der Waals surface area (Å²) in [4.78, 5) is 11.9. The van der Waals surface area contributed by atoms with Crippen molar-refractivity contribution in [3.8, 4) is 5.75 Å². The second-order valence-electron chi connectivity index (χ2n) is 8.64. The number of aryl methyl sites for hydroxylation is 1. The van der Waals surface area contributed by atoms with Crippen LogP contribution in [0.25, 0.3) is 6.20 Å². The average molecular weight is 407 g/mol. The standard InChI is InChI=1S/C25H34N4O/c1-5-6-13-30-23-9-7-20-16-29(18-26-24(20)15-23)25-10-8-21(14-19(25)2)28-12-11-22(17-28)27(3)4/h7-10,14-16,22H,5-6,11-13,17-18H2,1-4H3/t22-/m1/s1. The smallest absolute Gasteiger partial charge is 0.121 e. The van der Waals surface area contributed by atoms with Crippen molar-refractivity contribution in [2.75, 3.05) is 50.3 Å². The number of rotatable bonds is 7. The molecule has 0 aliphatic carbocycles. The van der Waals surface area contributed by atoms with Gasteiger partial charge in [-0.05, 0) is 69.8 Å². The molecule has 0 saturated carbocycles. The van der Waals surface area contributed by atoms with Crippen LogP contribution < -0.4 is 25.1 Å². The molecule has 0 aromatic heterocycles. The summed E-state index contributed by atoms with van der Waals surface area (Å²) >= 11 is 0. The molecular weight excluding hydrogens is 372 g/mol. The van der Waals surface area contributed by atoms with Crippen LogP contribution in [0.1, 0.15) is 31.7 Å². The van der Waals surface area contributed by atoms with Crippen molar-refractivity contribution >= 4 is 17.6 Å². The number of hydrogen-bond acceptors (Lipinski definition) is 5. The summed E-state index contributed by atoms with van der Waals surface area (Å²) in [5.74, 6) is 0.912. The second-order valence-corrected chi connectivity index (χ2v) is 8.64. The third-order valence-electron chi connectivity index (χ3n) is 6.21. The highest BCUT2D eigenvalue weighted by molar-refractivity contribution is 5.67. The minimum absolute atomic E-state index is 0.637. The topological polar surface area (TPSA) is 31.3 Å². The highest BCUT2D eigenvalue weighted by Gasteiger charge is 2.24. The lowest BCUT2D eigenvalue weighted by Crippen LogP contribution is -2.36. The first kappa shape index (κ1) is 20.7. The van der Waals surface area contributed by atoms with Crippen molar-refractivity contribution in [3.05, 3.63) is 52.5 Å². The number of fused-ring (bicyclic) bond motifs is 1. The van der Waals surface area contributed by atoms with Crippen molar-refractivity contribution in [1.29, 1.82) is 0 Å². The van der Waals surface area contributed by atoms with E-state index in [9.17, 15) is 0 Å². The molecule has 5 heteroatoms. The van der Waals surface area contributed by atoms with E-state index in [1.807, 2.05) is 0 Å². The SMILES string of the molecule is CCCCOc1ccc2c(c1)=NCN(c1ccc(N3CC[C@@H](N(C)C)C3)cc1C)C=2. The fourth-order valence-corrected chi connectivity index (χ4v) is 4.26. The van der Waals surface area contributed by atoms with E-state index in [0.29, 0.717) is 12.7 Å². The highest BCUT2D eigenvalue weighted by atomic mass is 16.5. The van der Waals surface area contributed by atoms with Gasteiger partial charge in [-0.2, -0.15) is 0 Å². The van der Waals surface area contributed by atoms with Gasteiger partial charge in [0.25, 0.3) is 0 Å². The number of likely N-dealkylation sites (N-methyl/N-ethyl adjacent to an activating group) is 1. The van der Waals surface area contributed by atoms with Gasteiger partial charge in [-0.25, -0.2) is 0 Å². The molecule has 4 rings (SSSR count). The van der Waals surface area contributed by atoms with Crippen LogP contribution in [0, 0.1) is 6.92 Å². The van der Waals surface area contributed by atoms with Crippen LogP contribution >= 0.6 is 0 Å². The van der Waals surface area contributed by atoms with Gasteiger partial charge in [0.05, 0.1) is 12.0 Å². The lowest BCUT2D eigenvalue weighted by molar-refractivity contribution is 0.309. The van der Waals surface area contributed by atoms with Crippen molar-refractivity contribution in [1.82, 2.24) is 4.90 Å². The minimum atomic E-state index is 0.637. The van der Waals surface area contributed by atoms with E-state index in [2.05, 4.69) is 85.2 Å². The molecule has 5 nitrogen and oxygen atoms in total. The first-order valence-corrected chi connectivity index (χ1v) is 11.1. The molecule has 0 N–H and O–H groups in total. The van der Waals surface area contributed by atoms with E-state index in [1.165, 1.54) is 23.4 Å². The first-order chi connectivity index (χ1) is 14.5. The van der Waals surface area contributed by atoms with Gasteiger partial charge in [-0.15, -0.1) is 0 Å². The Hall–Kier alpha value is -2.53. The summed E-state index contributed by atoms with van der Waals surface area (Å²) in [6.45, 7) is 8.01. The number of hydrogen-bond donors (Lipinski definition) is 0. The number of unbranched alkanes of at least 4 members (excludes halogenated alkanes) is 1. The zero-order valence-corrected chi connectivity index (χ0v) is 18.8. The number of benzene rings is 2. The molecule has 1 saturated heterocycles. The Labute approximate surface area is 180 Å². The van der Waals surface area contributed by atoms with E-state index in [-0.39, 0.29) is 0 Å². The third-order valence-corrected chi connectivity index (χ3v) is 6.21. The molecule has 2 aliphatic rings. The van der Waals surface area contributed by atoms with Crippen LogP contribution in [0.5, 0.6) is 5.75 Å². The summed E-state index contributed by atoms with van der Waals surface area (Å²) < 4.78 is 5.83. The van der Waals surface area contributed by atoms with Crippen LogP contribution in [-0.4, -0.2) is 51.4 Å². The largest absolute Gasteiger partial charge is 0.494 e. The van der Waals surface area contributed by atoms with Crippen molar-refractivity contribution in [2.45, 2.75) is 39.2 Å². The molecule has 30 heavy (non-hydrogen) atoms. The molecule has 0 amide bonds. The predicted octanol–water partition coefficient (Wildman–Crippen LogP) is 3.15. The second kappa shape index (κ2) is 9.09. The lowest BCUT2D eigenvalue weighted by atomic mass is 10.1. The molecule has 2 aromatic carbocycles. The molecule has 160 valence electrons. The Kier molecular flexibility index (Phi) is 6.28. The third kappa shape index (κ3) is 4.46. The maximum atomic E-state index is 5.83. The number of ether oxygens (including phenoxy) is 1. The van der Waals surface area contributed by atoms with E-state index in [1.54, 1.807) is 0 Å². The molecule has 0 unspecified atom stereocenters. The van der Waals surface area contributed by atoms with Crippen molar-refractivity contribution < 1.29 is 4.74 Å². The van der Waals surface area contributed by atoms with Crippen molar-refractivity contribution in [3.63, 3.8) is 0 Å². The van der Waals surface area contributed by atoms with Gasteiger partial charge >= 0.3 is 0 Å². The summed E-state index contributed by atoms with van der Waals surface area (Å²) in [6, 6.07) is 13.7. The molecule has 2 heterocycles. The van der Waals surface area contributed by atoms with E-state index in [0.717, 1.165) is 48.9 Å². The molecule has 2 aliphatic heterocycles. The van der Waals surface area contributed by atoms with Gasteiger partial charge in [-0.3, -0.25) is 4.99 Å². The Morgan fingerprint density at radius 2 is 2.03 bits per heavy atom. The Bertz CT molecular complexity index is 1000. The van der Waals surface area contributed by atoms with Gasteiger partial charge < -0.3 is 19.4 Å². The first-order valence-electron chi connectivity index (χ1n) is 11.1. The van der Waals surface area contributed by atoms with Crippen LogP contribution in [0.3, 0.4) is 0 Å². The van der Waals surface area contributed by atoms with Crippen LogP contribution in [0.4, 0.5) is 11.4 Å². The maximum absolute atomic E-state index is 5.83. The van der Waals surface area contributed by atoms with E-state index < -0.39 is 0 Å². The zero-order valence-electron chi connectivity index (χ0n) is 18.8. The molecule has 1 atom stereocenters. The molecule has 1 fully saturated rings. The van der Waals surface area contributed by atoms with Crippen LogP contribution in [-0.2, 0) is 0 Å². The van der Waals surface area contributed by atoms with E-state index in [4.69, 9.17) is 9.73 Å². The van der Waals surface area contributed by atoms with Crippen LogP contribution in [0.15, 0.2) is 41.4 Å². The van der Waals surface area contributed by atoms with Crippen molar-refractivity contribution in [2.24, 2.45) is 4.99 Å². The monoisotopic (exact) mass is 406 g/mol. The maximum Gasteiger partial charge on any atom is 0.121 e. The summed E-state index contributed by atoms with van der Waals surface area (Å²) in [7, 11) is 4.35. The predicted molar refractivity (Wildman–Crippen MR) is 125 cm³/mol. The van der Waals surface area contributed by atoms with Gasteiger partial charge in [0.15, 0.2) is 0 Å². The molecule has 2 aromatic rings. The Morgan fingerprint density at radius 3 is 2.77 bits per heavy atom. The summed E-state index contributed by atoms with van der Waals surface area (Å²) in [6.07, 6.45) is 5.66. The summed E-state index contributed by atoms with van der Waals surface area (Å²) in [5, 5.41) is 2.15. The van der Waals surface area contributed by atoms with Gasteiger partial charge in [0.1, 0.15) is 12.4 Å². The van der Waals surface area contributed by atoms with Gasteiger partial charge in [-0.1, -0.05) is 13.3 Å². The minimum Gasteiger partial charge on any atom is -0.494 e. The normalized spacial score (nSPS) is 18.2. The lowest BCUT2D eigenvalue weighted by Gasteiger charge is -2.26. The number of anilines is 2. The molecule has 0 radical (unpaired) electrons. The fourth-order valence-electron chi connectivity index (χ4n) is 4.26. The van der Waals surface area contributed by atoms with E-state index >= 15 is 0 Å². The quantitative estimate of drug-likeness (QED) is 0.661. The Morgan fingerprint density at radius 1 is 1.17 bits per heavy atom. The number of nitrogens with zero attached hydrogens (tertiary/aromatic N) is 4. The molecule has 0 spiro atoms. The van der Waals surface area contributed by atoms with Crippen LogP contribution in [0.2, 0.25) is 0 Å². The molecule has 0 bridgehead atoms. The Balaban J connectivity index is 1.50. The van der Waals surface area contributed by atoms with Gasteiger partial charge in [0.2, 0.25) is 0 Å². The highest BCUT2D eigenvalue weighted by Crippen LogP contribution is 2.29. The van der Waals surface area contributed by atoms with Gasteiger partial charge in [0, 0.05) is 48.0 Å². The summed E-state index contributed by atoms with van der Waals surface area (Å²) in [5.41, 5.74) is 3.83.